The van der Waals surface area contributed by atoms with Crippen molar-refractivity contribution in [1.29, 1.82) is 0 Å². The Kier molecular flexibility index (Phi) is 17.3. The van der Waals surface area contributed by atoms with Crippen molar-refractivity contribution >= 4 is 47.8 Å². The molecule has 0 bridgehead atoms. The van der Waals surface area contributed by atoms with Crippen LogP contribution in [0.4, 0.5) is 0 Å². The van der Waals surface area contributed by atoms with Crippen molar-refractivity contribution < 1.29 is 85.7 Å². The van der Waals surface area contributed by atoms with Crippen LogP contribution in [0.3, 0.4) is 0 Å². The Morgan fingerprint density at radius 3 is 0.960 bits per heavy atom. The first kappa shape index (κ1) is 41.6. The molecule has 0 amide bonds. The van der Waals surface area contributed by atoms with Crippen molar-refractivity contribution in [3.05, 3.63) is 12.2 Å². The van der Waals surface area contributed by atoms with Crippen LogP contribution in [-0.2, 0) is 85.7 Å². The van der Waals surface area contributed by atoms with Crippen molar-refractivity contribution in [1.82, 2.24) is 0 Å². The fourth-order valence-electron chi connectivity index (χ4n) is 4.32. The smallest absolute Gasteiger partial charge is 0.333 e. The molecule has 0 aliphatic carbocycles. The van der Waals surface area contributed by atoms with Crippen molar-refractivity contribution in [2.45, 2.75) is 129 Å². The standard InChI is InChI=1S/C32H44O18/c1-7-19(33)43-17-15-41-31(29(47-23(37)11-5)27(17)45-21(35)9-3)49-25(39)13-14-26(40)50-32-30(48-24(38)12-6)28(46-22(36)10-4)18(16-42-32)44-20(34)8-2/h13-14,17-18,27-32H,7-12,15-16H2,1-6H3/b14-13+/t17-,18-,27-,28-,29-,30-,31+,32+/m1/s1. The molecule has 2 aliphatic heterocycles. The van der Waals surface area contributed by atoms with Gasteiger partial charge in [0.05, 0.1) is 13.2 Å². The highest BCUT2D eigenvalue weighted by Gasteiger charge is 2.50. The molecule has 8 atom stereocenters. The topological polar surface area (TPSA) is 229 Å². The molecule has 50 heavy (non-hydrogen) atoms. The SMILES string of the molecule is CCC(=O)O[C@H]1[C@H](OC(=O)/C=C/C(=O)O[C@@H]2OC[C@@H](OC(=O)CC)[C@@H](OC(=O)CC)[C@H]2OC(=O)CC)OC[C@@H](OC(=O)CC)[C@H]1OC(=O)CC. The van der Waals surface area contributed by atoms with Crippen molar-refractivity contribution in [2.24, 2.45) is 0 Å². The lowest BCUT2D eigenvalue weighted by Crippen LogP contribution is -2.58. The van der Waals surface area contributed by atoms with Crippen LogP contribution in [-0.4, -0.2) is 110 Å². The minimum atomic E-state index is -1.67. The van der Waals surface area contributed by atoms with Gasteiger partial charge in [0.1, 0.15) is 0 Å². The molecule has 0 aromatic rings. The van der Waals surface area contributed by atoms with E-state index in [4.69, 9.17) is 47.4 Å². The minimum absolute atomic E-state index is 0.0191. The molecular formula is C32H44O18. The predicted molar refractivity (Wildman–Crippen MR) is 162 cm³/mol. The third-order valence-electron chi connectivity index (χ3n) is 6.95. The first-order valence-electron chi connectivity index (χ1n) is 16.3. The van der Waals surface area contributed by atoms with Gasteiger partial charge >= 0.3 is 47.8 Å². The number of carbonyl (C=O) groups excluding carboxylic acids is 8. The molecule has 2 heterocycles. The van der Waals surface area contributed by atoms with E-state index in [-0.39, 0.29) is 38.5 Å². The van der Waals surface area contributed by atoms with Crippen LogP contribution < -0.4 is 0 Å². The van der Waals surface area contributed by atoms with Gasteiger partial charge in [0.15, 0.2) is 24.4 Å². The van der Waals surface area contributed by atoms with Gasteiger partial charge in [-0.3, -0.25) is 28.8 Å². The van der Waals surface area contributed by atoms with Crippen molar-refractivity contribution in [3.8, 4) is 0 Å². The third-order valence-corrected chi connectivity index (χ3v) is 6.95. The zero-order valence-electron chi connectivity index (χ0n) is 28.8. The summed E-state index contributed by atoms with van der Waals surface area (Å²) >= 11 is 0. The molecular weight excluding hydrogens is 672 g/mol. The maximum Gasteiger partial charge on any atom is 0.333 e. The molecule has 18 nitrogen and oxygen atoms in total. The molecule has 0 spiro atoms. The van der Waals surface area contributed by atoms with Crippen LogP contribution in [0.1, 0.15) is 80.1 Å². The molecule has 18 heteroatoms. The van der Waals surface area contributed by atoms with Crippen LogP contribution in [0.5, 0.6) is 0 Å². The summed E-state index contributed by atoms with van der Waals surface area (Å²) in [7, 11) is 0. The average Bonchev–Trinajstić information content (AvgIpc) is 3.11. The van der Waals surface area contributed by atoms with E-state index in [0.29, 0.717) is 12.2 Å². The molecule has 280 valence electrons. The number of ether oxygens (including phenoxy) is 10. The lowest BCUT2D eigenvalue weighted by molar-refractivity contribution is -0.274. The fraction of sp³-hybridized carbons (Fsp3) is 0.688. The molecule has 0 unspecified atom stereocenters. The summed E-state index contributed by atoms with van der Waals surface area (Å²) in [5.74, 6) is -6.73. The first-order valence-corrected chi connectivity index (χ1v) is 16.3. The van der Waals surface area contributed by atoms with Gasteiger partial charge in [-0.15, -0.1) is 0 Å². The summed E-state index contributed by atoms with van der Waals surface area (Å²) in [6.45, 7) is 8.24. The van der Waals surface area contributed by atoms with Crippen molar-refractivity contribution in [2.75, 3.05) is 13.2 Å². The van der Waals surface area contributed by atoms with E-state index in [2.05, 4.69) is 0 Å². The second-order valence-corrected chi connectivity index (χ2v) is 10.6. The average molecular weight is 717 g/mol. The van der Waals surface area contributed by atoms with Gasteiger partial charge in [0, 0.05) is 50.7 Å². The second kappa shape index (κ2) is 20.8. The van der Waals surface area contributed by atoms with E-state index in [9.17, 15) is 38.4 Å². The summed E-state index contributed by atoms with van der Waals surface area (Å²) in [5, 5.41) is 0. The van der Waals surface area contributed by atoms with Gasteiger partial charge in [-0.05, 0) is 0 Å². The number of hydrogen-bond acceptors (Lipinski definition) is 18. The highest BCUT2D eigenvalue weighted by atomic mass is 16.7. The Bertz CT molecular complexity index is 1170. The van der Waals surface area contributed by atoms with Crippen LogP contribution in [0.25, 0.3) is 0 Å². The zero-order valence-corrected chi connectivity index (χ0v) is 28.8. The van der Waals surface area contributed by atoms with Gasteiger partial charge in [-0.25, -0.2) is 9.59 Å². The van der Waals surface area contributed by atoms with E-state index < -0.39 is 110 Å². The molecule has 2 aliphatic rings. The Morgan fingerprint density at radius 2 is 0.680 bits per heavy atom. The summed E-state index contributed by atoms with van der Waals surface area (Å²) in [5.41, 5.74) is 0. The molecule has 0 saturated carbocycles. The molecule has 0 N–H and O–H groups in total. The third kappa shape index (κ3) is 12.7. The summed E-state index contributed by atoms with van der Waals surface area (Å²) in [6.07, 6.45) is -10.8. The Morgan fingerprint density at radius 1 is 0.420 bits per heavy atom. The van der Waals surface area contributed by atoms with E-state index in [1.807, 2.05) is 0 Å². The summed E-state index contributed by atoms with van der Waals surface area (Å²) in [4.78, 5) is 98.6. The molecule has 0 radical (unpaired) electrons. The van der Waals surface area contributed by atoms with E-state index in [1.54, 1.807) is 0 Å². The molecule has 2 saturated heterocycles. The number of esters is 8. The normalized spacial score (nSPS) is 26.1. The van der Waals surface area contributed by atoms with E-state index in [1.165, 1.54) is 41.5 Å². The minimum Gasteiger partial charge on any atom is -0.456 e. The highest BCUT2D eigenvalue weighted by Crippen LogP contribution is 2.28. The van der Waals surface area contributed by atoms with Crippen LogP contribution in [0.15, 0.2) is 12.2 Å². The lowest BCUT2D eigenvalue weighted by atomic mass is 10.0. The fourth-order valence-corrected chi connectivity index (χ4v) is 4.32. The quantitative estimate of drug-likeness (QED) is 0.124. The molecule has 2 fully saturated rings. The van der Waals surface area contributed by atoms with Gasteiger partial charge < -0.3 is 47.4 Å². The lowest BCUT2D eigenvalue weighted by Gasteiger charge is -2.40. The molecule has 0 aromatic carbocycles. The van der Waals surface area contributed by atoms with Crippen molar-refractivity contribution in [3.63, 3.8) is 0 Å². The van der Waals surface area contributed by atoms with Gasteiger partial charge in [-0.2, -0.15) is 0 Å². The Hall–Kier alpha value is -4.58. The highest BCUT2D eigenvalue weighted by molar-refractivity contribution is 5.91. The Labute approximate surface area is 288 Å². The van der Waals surface area contributed by atoms with E-state index in [0.717, 1.165) is 0 Å². The first-order chi connectivity index (χ1) is 23.8. The molecule has 2 rings (SSSR count). The van der Waals surface area contributed by atoms with Crippen LogP contribution in [0.2, 0.25) is 0 Å². The van der Waals surface area contributed by atoms with Gasteiger partial charge in [0.25, 0.3) is 0 Å². The van der Waals surface area contributed by atoms with E-state index >= 15 is 0 Å². The number of hydrogen-bond donors (Lipinski definition) is 0. The van der Waals surface area contributed by atoms with Gasteiger partial charge in [-0.1, -0.05) is 41.5 Å². The Balaban J connectivity index is 2.24. The maximum absolute atomic E-state index is 12.8. The monoisotopic (exact) mass is 716 g/mol. The van der Waals surface area contributed by atoms with Crippen LogP contribution in [0, 0.1) is 0 Å². The number of carbonyl (C=O) groups is 8. The zero-order chi connectivity index (χ0) is 37.4. The summed E-state index contributed by atoms with van der Waals surface area (Å²) in [6, 6.07) is 0. The second-order valence-electron chi connectivity index (χ2n) is 10.6. The van der Waals surface area contributed by atoms with Gasteiger partial charge in [0.2, 0.25) is 24.8 Å². The predicted octanol–water partition coefficient (Wildman–Crippen LogP) is 1.27. The number of rotatable bonds is 16. The van der Waals surface area contributed by atoms with Crippen LogP contribution >= 0.6 is 0 Å². The largest absolute Gasteiger partial charge is 0.456 e. The maximum atomic E-state index is 12.8. The molecule has 0 aromatic heterocycles. The summed E-state index contributed by atoms with van der Waals surface area (Å²) < 4.78 is 53.7.